The maximum Gasteiger partial charge on any atom is 0.223 e. The van der Waals surface area contributed by atoms with Crippen molar-refractivity contribution in [1.29, 1.82) is 0 Å². The number of carbonyl (C=O) groups is 1. The van der Waals surface area contributed by atoms with Gasteiger partial charge in [0.05, 0.1) is 12.6 Å². The number of amides is 1. The molecule has 1 fully saturated rings. The van der Waals surface area contributed by atoms with E-state index in [0.717, 1.165) is 31.4 Å². The Hall–Kier alpha value is -1.51. The van der Waals surface area contributed by atoms with Crippen LogP contribution in [0.4, 0.5) is 0 Å². The van der Waals surface area contributed by atoms with Gasteiger partial charge in [-0.1, -0.05) is 26.0 Å². The third kappa shape index (κ3) is 2.82. The van der Waals surface area contributed by atoms with E-state index >= 15 is 0 Å². The van der Waals surface area contributed by atoms with Gasteiger partial charge in [0.1, 0.15) is 5.75 Å². The summed E-state index contributed by atoms with van der Waals surface area (Å²) in [7, 11) is 1.67. The summed E-state index contributed by atoms with van der Waals surface area (Å²) in [5, 5.41) is 3.31. The molecule has 1 aliphatic carbocycles. The summed E-state index contributed by atoms with van der Waals surface area (Å²) in [6, 6.07) is 8.09. The molecule has 3 heteroatoms. The van der Waals surface area contributed by atoms with Gasteiger partial charge in [0, 0.05) is 5.92 Å². The third-order valence-corrected chi connectivity index (χ3v) is 4.57. The highest BCUT2D eigenvalue weighted by Gasteiger charge is 2.40. The molecule has 2 rings (SSSR count). The van der Waals surface area contributed by atoms with Gasteiger partial charge in [-0.05, 0) is 49.8 Å². The average Bonchev–Trinajstić information content (AvgIpc) is 2.44. The minimum Gasteiger partial charge on any atom is -0.497 e. The van der Waals surface area contributed by atoms with Crippen molar-refractivity contribution in [3.05, 3.63) is 29.8 Å². The number of benzene rings is 1. The Labute approximate surface area is 121 Å². The van der Waals surface area contributed by atoms with Crippen LogP contribution in [0.5, 0.6) is 5.75 Å². The Balaban J connectivity index is 2.14. The first-order valence-corrected chi connectivity index (χ1v) is 7.61. The molecular weight excluding hydrogens is 250 g/mol. The van der Waals surface area contributed by atoms with Crippen LogP contribution in [0.1, 0.15) is 51.5 Å². The van der Waals surface area contributed by atoms with Crippen molar-refractivity contribution in [3.63, 3.8) is 0 Å². The number of hydrogen-bond donors (Lipinski definition) is 1. The highest BCUT2D eigenvalue weighted by Crippen LogP contribution is 2.42. The first kappa shape index (κ1) is 14.9. The molecule has 20 heavy (non-hydrogen) atoms. The van der Waals surface area contributed by atoms with Gasteiger partial charge in [0.25, 0.3) is 0 Å². The zero-order valence-electron chi connectivity index (χ0n) is 12.7. The topological polar surface area (TPSA) is 38.3 Å². The summed E-state index contributed by atoms with van der Waals surface area (Å²) in [5.41, 5.74) is 1.05. The van der Waals surface area contributed by atoms with E-state index in [1.54, 1.807) is 7.11 Å². The molecule has 0 atom stereocenters. The van der Waals surface area contributed by atoms with Gasteiger partial charge < -0.3 is 10.1 Å². The van der Waals surface area contributed by atoms with Crippen LogP contribution in [-0.4, -0.2) is 13.0 Å². The molecule has 0 spiro atoms. The smallest absolute Gasteiger partial charge is 0.223 e. The van der Waals surface area contributed by atoms with Crippen LogP contribution in [0.15, 0.2) is 24.3 Å². The molecule has 1 amide bonds. The lowest BCUT2D eigenvalue weighted by Gasteiger charge is -2.44. The quantitative estimate of drug-likeness (QED) is 0.861. The molecule has 0 aromatic heterocycles. The molecular formula is C17H25NO2. The van der Waals surface area contributed by atoms with Crippen LogP contribution < -0.4 is 10.1 Å². The van der Waals surface area contributed by atoms with E-state index in [9.17, 15) is 4.79 Å². The molecule has 1 aliphatic rings. The predicted octanol–water partition coefficient (Wildman–Crippen LogP) is 3.63. The fourth-order valence-electron chi connectivity index (χ4n) is 2.92. The minimum absolute atomic E-state index is 0.130. The second kappa shape index (κ2) is 6.29. The fourth-order valence-corrected chi connectivity index (χ4v) is 2.92. The predicted molar refractivity (Wildman–Crippen MR) is 80.7 cm³/mol. The van der Waals surface area contributed by atoms with E-state index in [4.69, 9.17) is 4.74 Å². The Bertz CT molecular complexity index is 445. The Kier molecular flexibility index (Phi) is 4.69. The second-order valence-electron chi connectivity index (χ2n) is 5.67. The van der Waals surface area contributed by atoms with Crippen LogP contribution in [0.3, 0.4) is 0 Å². The highest BCUT2D eigenvalue weighted by atomic mass is 16.5. The van der Waals surface area contributed by atoms with Crippen LogP contribution in [0, 0.1) is 5.92 Å². The first-order valence-electron chi connectivity index (χ1n) is 7.61. The van der Waals surface area contributed by atoms with Crippen molar-refractivity contribution < 1.29 is 9.53 Å². The summed E-state index contributed by atoms with van der Waals surface area (Å²) >= 11 is 0. The van der Waals surface area contributed by atoms with Crippen LogP contribution >= 0.6 is 0 Å². The lowest BCUT2D eigenvalue weighted by Crippen LogP contribution is -2.52. The number of rotatable bonds is 6. The molecule has 3 nitrogen and oxygen atoms in total. The molecule has 0 unspecified atom stereocenters. The Morgan fingerprint density at radius 3 is 2.25 bits per heavy atom. The van der Waals surface area contributed by atoms with Crippen molar-refractivity contribution in [2.75, 3.05) is 7.11 Å². The summed E-state index contributed by atoms with van der Waals surface area (Å²) in [6.07, 6.45) is 5.05. The normalized spacial score (nSPS) is 16.6. The zero-order chi connectivity index (χ0) is 14.6. The molecule has 1 N–H and O–H groups in total. The fraction of sp³-hybridized carbons (Fsp3) is 0.588. The number of carbonyl (C=O) groups excluding carboxylic acids is 1. The Morgan fingerprint density at radius 2 is 1.85 bits per heavy atom. The summed E-state index contributed by atoms with van der Waals surface area (Å²) in [4.78, 5) is 12.4. The van der Waals surface area contributed by atoms with Crippen molar-refractivity contribution >= 4 is 5.91 Å². The molecule has 1 aromatic rings. The monoisotopic (exact) mass is 275 g/mol. The van der Waals surface area contributed by atoms with Crippen molar-refractivity contribution in [1.82, 2.24) is 5.32 Å². The standard InChI is InChI=1S/C17H25NO2/c1-4-13(5-2)16(19)18-17(11-6-12-17)14-7-9-15(20-3)10-8-14/h7-10,13H,4-6,11-12H2,1-3H3,(H,18,19). The summed E-state index contributed by atoms with van der Waals surface area (Å²) in [6.45, 7) is 4.16. The minimum atomic E-state index is -0.147. The summed E-state index contributed by atoms with van der Waals surface area (Å²) in [5.74, 6) is 1.19. The largest absolute Gasteiger partial charge is 0.497 e. The van der Waals surface area contributed by atoms with Gasteiger partial charge in [0.2, 0.25) is 5.91 Å². The lowest BCUT2D eigenvalue weighted by molar-refractivity contribution is -0.128. The van der Waals surface area contributed by atoms with E-state index < -0.39 is 0 Å². The molecule has 1 saturated carbocycles. The molecule has 0 radical (unpaired) electrons. The van der Waals surface area contributed by atoms with Crippen LogP contribution in [0.25, 0.3) is 0 Å². The SMILES string of the molecule is CCC(CC)C(=O)NC1(c2ccc(OC)cc2)CCC1. The number of hydrogen-bond acceptors (Lipinski definition) is 2. The second-order valence-corrected chi connectivity index (χ2v) is 5.67. The summed E-state index contributed by atoms with van der Waals surface area (Å²) < 4.78 is 5.20. The van der Waals surface area contributed by atoms with Gasteiger partial charge in [0.15, 0.2) is 0 Å². The molecule has 0 aliphatic heterocycles. The van der Waals surface area contributed by atoms with E-state index in [1.807, 2.05) is 12.1 Å². The molecule has 0 bridgehead atoms. The number of nitrogens with one attached hydrogen (secondary N) is 1. The number of methoxy groups -OCH3 is 1. The number of ether oxygens (including phenoxy) is 1. The van der Waals surface area contributed by atoms with E-state index in [1.165, 1.54) is 12.0 Å². The maximum atomic E-state index is 12.4. The van der Waals surface area contributed by atoms with Gasteiger partial charge in [-0.3, -0.25) is 4.79 Å². The van der Waals surface area contributed by atoms with Crippen molar-refractivity contribution in [3.8, 4) is 5.75 Å². The van der Waals surface area contributed by atoms with E-state index in [2.05, 4.69) is 31.3 Å². The van der Waals surface area contributed by atoms with Crippen LogP contribution in [-0.2, 0) is 10.3 Å². The Morgan fingerprint density at radius 1 is 1.25 bits per heavy atom. The van der Waals surface area contributed by atoms with Gasteiger partial charge in [-0.15, -0.1) is 0 Å². The van der Waals surface area contributed by atoms with Gasteiger partial charge in [-0.25, -0.2) is 0 Å². The molecule has 110 valence electrons. The molecule has 0 heterocycles. The zero-order valence-corrected chi connectivity index (χ0v) is 12.7. The lowest BCUT2D eigenvalue weighted by atomic mass is 9.71. The van der Waals surface area contributed by atoms with Crippen molar-refractivity contribution in [2.45, 2.75) is 51.5 Å². The van der Waals surface area contributed by atoms with Crippen LogP contribution in [0.2, 0.25) is 0 Å². The highest BCUT2D eigenvalue weighted by molar-refractivity contribution is 5.79. The maximum absolute atomic E-state index is 12.4. The third-order valence-electron chi connectivity index (χ3n) is 4.57. The molecule has 1 aromatic carbocycles. The average molecular weight is 275 g/mol. The van der Waals surface area contributed by atoms with Gasteiger partial charge >= 0.3 is 0 Å². The van der Waals surface area contributed by atoms with E-state index in [0.29, 0.717) is 0 Å². The van der Waals surface area contributed by atoms with Gasteiger partial charge in [-0.2, -0.15) is 0 Å². The first-order chi connectivity index (χ1) is 9.65. The molecule has 0 saturated heterocycles. The van der Waals surface area contributed by atoms with Crippen molar-refractivity contribution in [2.24, 2.45) is 5.92 Å². The van der Waals surface area contributed by atoms with E-state index in [-0.39, 0.29) is 17.4 Å².